The van der Waals surface area contributed by atoms with Gasteiger partial charge in [0.05, 0.1) is 0 Å². The molecular formula is C23H30. The molecule has 0 nitrogen and oxygen atoms in total. The molecule has 1 aliphatic rings. The molecule has 0 heterocycles. The van der Waals surface area contributed by atoms with Crippen LogP contribution in [0.15, 0.2) is 60.7 Å². The van der Waals surface area contributed by atoms with E-state index in [0.717, 1.165) is 5.92 Å². The zero-order chi connectivity index (χ0) is 16.6. The maximum absolute atomic E-state index is 2.42. The molecule has 3 rings (SSSR count). The lowest BCUT2D eigenvalue weighted by Crippen LogP contribution is -2.51. The summed E-state index contributed by atoms with van der Waals surface area (Å²) in [6, 6.07) is 22.4. The van der Waals surface area contributed by atoms with Crippen LogP contribution in [0.5, 0.6) is 0 Å². The molecular weight excluding hydrogens is 276 g/mol. The Kier molecular flexibility index (Phi) is 4.36. The van der Waals surface area contributed by atoms with Gasteiger partial charge in [-0.1, -0.05) is 95.3 Å². The van der Waals surface area contributed by atoms with E-state index in [4.69, 9.17) is 0 Å². The zero-order valence-electron chi connectivity index (χ0n) is 15.2. The Morgan fingerprint density at radius 1 is 0.696 bits per heavy atom. The van der Waals surface area contributed by atoms with Crippen molar-refractivity contribution in [3.05, 3.63) is 71.8 Å². The molecule has 2 atom stereocenters. The molecule has 0 N–H and O–H groups in total. The van der Waals surface area contributed by atoms with Gasteiger partial charge in [-0.25, -0.2) is 0 Å². The molecule has 0 spiro atoms. The van der Waals surface area contributed by atoms with E-state index in [2.05, 4.69) is 95.3 Å². The highest BCUT2D eigenvalue weighted by atomic mass is 14.6. The fourth-order valence-electron chi connectivity index (χ4n) is 4.90. The standard InChI is InChI=1S/C23H30/c1-16(2)19-20(17-12-8-6-9-13-17)22(23(3,4)5)21(19)18-14-10-7-11-15-18/h6-16,19-22H,1-5H3. The van der Waals surface area contributed by atoms with Crippen molar-refractivity contribution in [2.45, 2.75) is 46.5 Å². The second-order valence-electron chi connectivity index (χ2n) is 8.59. The molecule has 2 unspecified atom stereocenters. The van der Waals surface area contributed by atoms with Crippen molar-refractivity contribution in [1.29, 1.82) is 0 Å². The summed E-state index contributed by atoms with van der Waals surface area (Å²) >= 11 is 0. The molecule has 0 radical (unpaired) electrons. The van der Waals surface area contributed by atoms with E-state index in [1.165, 1.54) is 11.1 Å². The number of rotatable bonds is 3. The number of benzene rings is 2. The van der Waals surface area contributed by atoms with Gasteiger partial charge in [0.25, 0.3) is 0 Å². The summed E-state index contributed by atoms with van der Waals surface area (Å²) in [7, 11) is 0. The van der Waals surface area contributed by atoms with Crippen LogP contribution in [0.4, 0.5) is 0 Å². The zero-order valence-corrected chi connectivity index (χ0v) is 15.2. The quantitative estimate of drug-likeness (QED) is 0.607. The highest BCUT2D eigenvalue weighted by Crippen LogP contribution is 2.65. The molecule has 2 aromatic rings. The van der Waals surface area contributed by atoms with E-state index in [0.29, 0.717) is 29.1 Å². The van der Waals surface area contributed by atoms with Gasteiger partial charge in [-0.2, -0.15) is 0 Å². The fraction of sp³-hybridized carbons (Fsp3) is 0.478. The summed E-state index contributed by atoms with van der Waals surface area (Å²) in [4.78, 5) is 0. The second kappa shape index (κ2) is 6.15. The minimum Gasteiger partial charge on any atom is -0.0625 e. The molecule has 0 aliphatic heterocycles. The third-order valence-electron chi connectivity index (χ3n) is 5.74. The van der Waals surface area contributed by atoms with Crippen LogP contribution in [0.1, 0.15) is 57.6 Å². The normalized spacial score (nSPS) is 27.7. The highest BCUT2D eigenvalue weighted by Gasteiger charge is 2.56. The van der Waals surface area contributed by atoms with E-state index in [-0.39, 0.29) is 0 Å². The Morgan fingerprint density at radius 3 is 1.39 bits per heavy atom. The predicted octanol–water partition coefficient (Wildman–Crippen LogP) is 6.50. The average Bonchev–Trinajstić information content (AvgIpc) is 2.46. The summed E-state index contributed by atoms with van der Waals surface area (Å²) in [6.07, 6.45) is 0. The van der Waals surface area contributed by atoms with E-state index in [1.807, 2.05) is 0 Å². The van der Waals surface area contributed by atoms with Crippen LogP contribution in [0.25, 0.3) is 0 Å². The molecule has 0 amide bonds. The largest absolute Gasteiger partial charge is 0.0625 e. The summed E-state index contributed by atoms with van der Waals surface area (Å²) in [5.74, 6) is 3.45. The van der Waals surface area contributed by atoms with Gasteiger partial charge in [0.2, 0.25) is 0 Å². The first-order valence-electron chi connectivity index (χ1n) is 9.01. The Hall–Kier alpha value is -1.56. The van der Waals surface area contributed by atoms with Crippen molar-refractivity contribution in [3.63, 3.8) is 0 Å². The molecule has 1 aliphatic carbocycles. The minimum absolute atomic E-state index is 0.312. The molecule has 1 saturated carbocycles. The Labute approximate surface area is 141 Å². The molecule has 0 heteroatoms. The first-order chi connectivity index (χ1) is 10.9. The van der Waals surface area contributed by atoms with Crippen molar-refractivity contribution in [2.24, 2.45) is 23.2 Å². The molecule has 23 heavy (non-hydrogen) atoms. The van der Waals surface area contributed by atoms with Gasteiger partial charge < -0.3 is 0 Å². The maximum Gasteiger partial charge on any atom is -0.00859 e. The summed E-state index contributed by atoms with van der Waals surface area (Å²) in [6.45, 7) is 12.0. The van der Waals surface area contributed by atoms with Crippen LogP contribution < -0.4 is 0 Å². The average molecular weight is 306 g/mol. The summed E-state index contributed by atoms with van der Waals surface area (Å²) < 4.78 is 0. The van der Waals surface area contributed by atoms with Gasteiger partial charge in [-0.15, -0.1) is 0 Å². The Morgan fingerprint density at radius 2 is 1.09 bits per heavy atom. The van der Waals surface area contributed by atoms with E-state index in [1.54, 1.807) is 0 Å². The lowest BCUT2D eigenvalue weighted by Gasteiger charge is -2.60. The third-order valence-corrected chi connectivity index (χ3v) is 5.74. The first kappa shape index (κ1) is 16.3. The van der Waals surface area contributed by atoms with Crippen LogP contribution in [0.3, 0.4) is 0 Å². The van der Waals surface area contributed by atoms with Gasteiger partial charge in [0.1, 0.15) is 0 Å². The smallest absolute Gasteiger partial charge is 0.00859 e. The van der Waals surface area contributed by atoms with Crippen molar-refractivity contribution >= 4 is 0 Å². The van der Waals surface area contributed by atoms with Gasteiger partial charge in [0, 0.05) is 0 Å². The molecule has 1 fully saturated rings. The molecule has 0 saturated heterocycles. The minimum atomic E-state index is 0.312. The Balaban J connectivity index is 2.05. The van der Waals surface area contributed by atoms with Crippen LogP contribution in [0.2, 0.25) is 0 Å². The topological polar surface area (TPSA) is 0 Å². The Bertz CT molecular complexity index is 571. The van der Waals surface area contributed by atoms with Crippen LogP contribution in [0, 0.1) is 23.2 Å². The lowest BCUT2D eigenvalue weighted by atomic mass is 9.44. The SMILES string of the molecule is CC(C)C1C(c2ccccc2)C(C(C)(C)C)C1c1ccccc1. The first-order valence-corrected chi connectivity index (χ1v) is 9.01. The number of hydrogen-bond acceptors (Lipinski definition) is 0. The summed E-state index contributed by atoms with van der Waals surface area (Å²) in [5.41, 5.74) is 3.36. The van der Waals surface area contributed by atoms with Crippen molar-refractivity contribution in [3.8, 4) is 0 Å². The van der Waals surface area contributed by atoms with E-state index >= 15 is 0 Å². The van der Waals surface area contributed by atoms with Crippen molar-refractivity contribution < 1.29 is 0 Å². The molecule has 0 aromatic heterocycles. The van der Waals surface area contributed by atoms with Crippen LogP contribution in [-0.4, -0.2) is 0 Å². The fourth-order valence-corrected chi connectivity index (χ4v) is 4.90. The third kappa shape index (κ3) is 2.96. The van der Waals surface area contributed by atoms with Gasteiger partial charge in [-0.3, -0.25) is 0 Å². The molecule has 2 aromatic carbocycles. The maximum atomic E-state index is 2.42. The van der Waals surface area contributed by atoms with Gasteiger partial charge in [0.15, 0.2) is 0 Å². The predicted molar refractivity (Wildman–Crippen MR) is 99.6 cm³/mol. The molecule has 122 valence electrons. The summed E-state index contributed by atoms with van der Waals surface area (Å²) in [5, 5.41) is 0. The van der Waals surface area contributed by atoms with Gasteiger partial charge in [-0.05, 0) is 46.1 Å². The van der Waals surface area contributed by atoms with Crippen molar-refractivity contribution in [1.82, 2.24) is 0 Å². The molecule has 0 bridgehead atoms. The van der Waals surface area contributed by atoms with Crippen LogP contribution >= 0.6 is 0 Å². The number of hydrogen-bond donors (Lipinski definition) is 0. The van der Waals surface area contributed by atoms with Gasteiger partial charge >= 0.3 is 0 Å². The second-order valence-corrected chi connectivity index (χ2v) is 8.59. The lowest BCUT2D eigenvalue weighted by molar-refractivity contribution is -0.0196. The van der Waals surface area contributed by atoms with E-state index < -0.39 is 0 Å². The monoisotopic (exact) mass is 306 g/mol. The van der Waals surface area contributed by atoms with Crippen molar-refractivity contribution in [2.75, 3.05) is 0 Å². The van der Waals surface area contributed by atoms with Crippen LogP contribution in [-0.2, 0) is 0 Å². The van der Waals surface area contributed by atoms with E-state index in [9.17, 15) is 0 Å². The highest BCUT2D eigenvalue weighted by molar-refractivity contribution is 5.35.